The molecule has 0 amide bonds. The van der Waals surface area contributed by atoms with Crippen LogP contribution in [0.15, 0.2) is 42.5 Å². The fraction of sp³-hybridized carbons (Fsp3) is 0.400. The average molecular weight is 382 g/mol. The van der Waals surface area contributed by atoms with Crippen molar-refractivity contribution in [2.75, 3.05) is 6.61 Å². The van der Waals surface area contributed by atoms with Gasteiger partial charge in [-0.1, -0.05) is 82.8 Å². The first-order chi connectivity index (χ1) is 10.3. The third kappa shape index (κ3) is 2.48. The van der Waals surface area contributed by atoms with Crippen LogP contribution in [0.4, 0.5) is 0 Å². The van der Waals surface area contributed by atoms with E-state index in [0.29, 0.717) is 6.61 Å². The second kappa shape index (κ2) is 5.66. The molecule has 0 N–H and O–H groups in total. The summed E-state index contributed by atoms with van der Waals surface area (Å²) in [5, 5.41) is 0. The van der Waals surface area contributed by atoms with Gasteiger partial charge in [-0.3, -0.25) is 4.79 Å². The van der Waals surface area contributed by atoms with Gasteiger partial charge in [-0.2, -0.15) is 0 Å². The van der Waals surface area contributed by atoms with Crippen molar-refractivity contribution in [2.24, 2.45) is 0 Å². The van der Waals surface area contributed by atoms with Crippen molar-refractivity contribution in [2.45, 2.75) is 27.0 Å². The van der Waals surface area contributed by atoms with Crippen LogP contribution in [0.1, 0.15) is 5.56 Å². The van der Waals surface area contributed by atoms with Crippen LogP contribution in [0, 0.1) is 0 Å². The molecular weight excluding hydrogens is 370 g/mol. The van der Waals surface area contributed by atoms with E-state index >= 15 is 0 Å². The number of carbonyl (C=O) groups excluding carboxylic acids is 1. The lowest BCUT2D eigenvalue weighted by Gasteiger charge is -2.45. The minimum absolute atomic E-state index is 0.0114. The SMILES string of the molecule is O=C1C(Cl)(Cl)[C@@H]2C=C[C@@](COCc3ccccc3)(O2)C1(Cl)Cl. The standard InChI is InChI=1S/C15H12Cl4O3/c16-14(17)11-6-7-13(22-11,15(18,19)12(14)20)9-21-8-10-4-2-1-3-5-10/h1-7,11H,8-9H2/t11-,13-/m0/s1. The molecule has 0 spiro atoms. The molecule has 2 atom stereocenters. The molecule has 3 rings (SSSR count). The Labute approximate surface area is 148 Å². The summed E-state index contributed by atoms with van der Waals surface area (Å²) in [6.45, 7) is 0.354. The molecule has 2 aliphatic heterocycles. The van der Waals surface area contributed by atoms with E-state index in [1.165, 1.54) is 0 Å². The van der Waals surface area contributed by atoms with Gasteiger partial charge in [-0.25, -0.2) is 0 Å². The predicted molar refractivity (Wildman–Crippen MR) is 86.7 cm³/mol. The first kappa shape index (κ1) is 16.6. The third-order valence-corrected chi connectivity index (χ3v) is 5.54. The third-order valence-electron chi connectivity index (χ3n) is 3.78. The second-order valence-corrected chi connectivity index (χ2v) is 8.01. The number of Topliss-reactive ketones (excluding diaryl/α,β-unsaturated/α-hetero) is 1. The van der Waals surface area contributed by atoms with Gasteiger partial charge in [0.05, 0.1) is 13.2 Å². The Morgan fingerprint density at radius 2 is 1.82 bits per heavy atom. The van der Waals surface area contributed by atoms with Crippen molar-refractivity contribution in [1.29, 1.82) is 0 Å². The Bertz CT molecular complexity index is 614. The summed E-state index contributed by atoms with van der Waals surface area (Å²) in [7, 11) is 0. The van der Waals surface area contributed by atoms with E-state index in [1.807, 2.05) is 30.3 Å². The fourth-order valence-electron chi connectivity index (χ4n) is 2.52. The molecule has 2 bridgehead atoms. The normalized spacial score (nSPS) is 31.5. The predicted octanol–water partition coefficient (Wildman–Crippen LogP) is 3.83. The number of rotatable bonds is 4. The van der Waals surface area contributed by atoms with E-state index in [2.05, 4.69) is 0 Å². The molecule has 1 fully saturated rings. The molecule has 1 aromatic rings. The molecule has 2 aliphatic rings. The molecule has 3 nitrogen and oxygen atoms in total. The number of carbonyl (C=O) groups is 1. The van der Waals surface area contributed by atoms with Gasteiger partial charge in [0.1, 0.15) is 6.10 Å². The Morgan fingerprint density at radius 1 is 1.14 bits per heavy atom. The molecule has 0 aromatic heterocycles. The molecule has 7 heteroatoms. The van der Waals surface area contributed by atoms with Gasteiger partial charge >= 0.3 is 0 Å². The number of halogens is 4. The van der Waals surface area contributed by atoms with Gasteiger partial charge in [0, 0.05) is 0 Å². The van der Waals surface area contributed by atoms with Gasteiger partial charge in [-0.15, -0.1) is 0 Å². The first-order valence-electron chi connectivity index (χ1n) is 6.59. The highest BCUT2D eigenvalue weighted by atomic mass is 35.5. The maximum absolute atomic E-state index is 12.4. The quantitative estimate of drug-likeness (QED) is 0.587. The molecule has 22 heavy (non-hydrogen) atoms. The summed E-state index contributed by atoms with van der Waals surface area (Å²) < 4.78 is 7.66. The Balaban J connectivity index is 1.76. The number of hydrogen-bond acceptors (Lipinski definition) is 3. The first-order valence-corrected chi connectivity index (χ1v) is 8.10. The van der Waals surface area contributed by atoms with Crippen LogP contribution in [0.25, 0.3) is 0 Å². The Kier molecular flexibility index (Phi) is 4.26. The molecule has 1 aromatic carbocycles. The second-order valence-electron chi connectivity index (χ2n) is 5.29. The van der Waals surface area contributed by atoms with Crippen molar-refractivity contribution < 1.29 is 14.3 Å². The molecule has 2 heterocycles. The van der Waals surface area contributed by atoms with E-state index in [4.69, 9.17) is 55.9 Å². The summed E-state index contributed by atoms with van der Waals surface area (Å²) in [5.41, 5.74) is -0.307. The summed E-state index contributed by atoms with van der Waals surface area (Å²) in [5.74, 6) is -0.698. The van der Waals surface area contributed by atoms with Gasteiger partial charge in [0.15, 0.2) is 5.60 Å². The zero-order valence-electron chi connectivity index (χ0n) is 11.3. The van der Waals surface area contributed by atoms with Gasteiger partial charge < -0.3 is 9.47 Å². The molecule has 0 saturated carbocycles. The summed E-state index contributed by atoms with van der Waals surface area (Å²) in [4.78, 5) is 12.4. The monoisotopic (exact) mass is 380 g/mol. The van der Waals surface area contributed by atoms with Crippen molar-refractivity contribution in [3.63, 3.8) is 0 Å². The largest absolute Gasteiger partial charge is 0.373 e. The summed E-state index contributed by atoms with van der Waals surface area (Å²) in [6, 6.07) is 9.58. The molecule has 0 aliphatic carbocycles. The van der Waals surface area contributed by atoms with Crippen LogP contribution in [0.5, 0.6) is 0 Å². The van der Waals surface area contributed by atoms with Crippen LogP contribution in [0.3, 0.4) is 0 Å². The summed E-state index contributed by atoms with van der Waals surface area (Å²) in [6.07, 6.45) is 2.40. The van der Waals surface area contributed by atoms with Crippen molar-refractivity contribution in [3.05, 3.63) is 48.0 Å². The average Bonchev–Trinajstić information content (AvgIpc) is 2.92. The topological polar surface area (TPSA) is 35.5 Å². The van der Waals surface area contributed by atoms with Crippen LogP contribution < -0.4 is 0 Å². The minimum Gasteiger partial charge on any atom is -0.373 e. The maximum atomic E-state index is 12.4. The van der Waals surface area contributed by atoms with Crippen molar-refractivity contribution in [1.82, 2.24) is 0 Å². The number of benzene rings is 1. The Hall–Kier alpha value is -0.290. The number of ether oxygens (including phenoxy) is 2. The smallest absolute Gasteiger partial charge is 0.213 e. The molecule has 0 radical (unpaired) electrons. The van der Waals surface area contributed by atoms with Crippen LogP contribution in [-0.4, -0.2) is 32.8 Å². The van der Waals surface area contributed by atoms with Crippen molar-refractivity contribution in [3.8, 4) is 0 Å². The maximum Gasteiger partial charge on any atom is 0.213 e. The zero-order chi connectivity index (χ0) is 16.0. The van der Waals surface area contributed by atoms with E-state index in [1.54, 1.807) is 12.2 Å². The van der Waals surface area contributed by atoms with Gasteiger partial charge in [0.2, 0.25) is 14.4 Å². The molecule has 1 saturated heterocycles. The van der Waals surface area contributed by atoms with Crippen molar-refractivity contribution >= 4 is 52.2 Å². The highest BCUT2D eigenvalue weighted by Gasteiger charge is 2.69. The lowest BCUT2D eigenvalue weighted by molar-refractivity contribution is -0.150. The highest BCUT2D eigenvalue weighted by molar-refractivity contribution is 6.70. The zero-order valence-corrected chi connectivity index (χ0v) is 14.3. The van der Waals surface area contributed by atoms with Gasteiger partial charge in [0.25, 0.3) is 0 Å². The number of fused-ring (bicyclic) bond motifs is 2. The van der Waals surface area contributed by atoms with E-state index < -0.39 is 26.2 Å². The van der Waals surface area contributed by atoms with Crippen LogP contribution >= 0.6 is 46.4 Å². The number of hydrogen-bond donors (Lipinski definition) is 0. The van der Waals surface area contributed by atoms with Gasteiger partial charge in [-0.05, 0) is 11.6 Å². The Morgan fingerprint density at radius 3 is 2.50 bits per heavy atom. The number of alkyl halides is 4. The lowest BCUT2D eigenvalue weighted by Crippen LogP contribution is -2.65. The summed E-state index contributed by atoms with van der Waals surface area (Å²) >= 11 is 24.5. The highest BCUT2D eigenvalue weighted by Crippen LogP contribution is 2.54. The van der Waals surface area contributed by atoms with Crippen LogP contribution in [-0.2, 0) is 20.9 Å². The lowest BCUT2D eigenvalue weighted by atomic mass is 9.93. The molecule has 0 unspecified atom stereocenters. The number of ketones is 1. The van der Waals surface area contributed by atoms with E-state index in [9.17, 15) is 4.79 Å². The molecular formula is C15H12Cl4O3. The van der Waals surface area contributed by atoms with Crippen LogP contribution in [0.2, 0.25) is 0 Å². The van der Waals surface area contributed by atoms with E-state index in [0.717, 1.165) is 5.56 Å². The minimum atomic E-state index is -1.92. The fourth-order valence-corrected chi connectivity index (χ4v) is 3.85. The molecule has 118 valence electrons. The van der Waals surface area contributed by atoms with E-state index in [-0.39, 0.29) is 6.61 Å².